The summed E-state index contributed by atoms with van der Waals surface area (Å²) in [5.74, 6) is -0.594. The summed E-state index contributed by atoms with van der Waals surface area (Å²) in [6.45, 7) is 5.07. The Balaban J connectivity index is 1.38. The van der Waals surface area contributed by atoms with Gasteiger partial charge in [0.25, 0.3) is 6.47 Å². The number of rotatable bonds is 14. The largest absolute Gasteiger partial charge is 0.481 e. The molecule has 2 aliphatic carbocycles. The van der Waals surface area contributed by atoms with E-state index in [0.29, 0.717) is 6.47 Å². The van der Waals surface area contributed by atoms with E-state index >= 15 is 0 Å². The van der Waals surface area contributed by atoms with Crippen molar-refractivity contribution < 1.29 is 19.4 Å². The Hall–Kier alpha value is -1.84. The topological polar surface area (TPSA) is 63.6 Å². The smallest absolute Gasteiger partial charge is 0.309 e. The van der Waals surface area contributed by atoms with Gasteiger partial charge in [0.05, 0.1) is 5.41 Å². The first kappa shape index (κ1) is 21.9. The number of ether oxygens (including phenoxy) is 1. The van der Waals surface area contributed by atoms with E-state index in [1.165, 1.54) is 22.3 Å². The molecule has 160 valence electrons. The lowest BCUT2D eigenvalue weighted by molar-refractivity contribution is -0.143. The van der Waals surface area contributed by atoms with Crippen molar-refractivity contribution in [3.63, 3.8) is 0 Å². The number of unbranched alkanes of at least 4 members (excludes halogenated alkanes) is 3. The summed E-state index contributed by atoms with van der Waals surface area (Å²) in [4.78, 5) is 21.8. The number of aliphatic carboxylic acids is 1. The lowest BCUT2D eigenvalue weighted by Gasteiger charge is -2.15. The van der Waals surface area contributed by atoms with Crippen LogP contribution in [0, 0.1) is 19.3 Å². The maximum Gasteiger partial charge on any atom is 0.309 e. The molecule has 0 bridgehead atoms. The van der Waals surface area contributed by atoms with Gasteiger partial charge in [0.1, 0.15) is 5.60 Å². The summed E-state index contributed by atoms with van der Waals surface area (Å²) >= 11 is 0. The second kappa shape index (κ2) is 9.32. The van der Waals surface area contributed by atoms with E-state index in [9.17, 15) is 14.7 Å². The molecule has 1 aromatic carbocycles. The van der Waals surface area contributed by atoms with Gasteiger partial charge in [0.15, 0.2) is 0 Å². The van der Waals surface area contributed by atoms with Crippen molar-refractivity contribution in [2.24, 2.45) is 5.41 Å². The zero-order valence-corrected chi connectivity index (χ0v) is 18.1. The summed E-state index contributed by atoms with van der Waals surface area (Å²) in [6, 6.07) is 4.57. The molecular weight excluding hydrogens is 364 g/mol. The molecule has 0 radical (unpaired) electrons. The monoisotopic (exact) mass is 400 g/mol. The SMILES string of the molecule is Cc1c(CCCCCC2(C(=O)O)CC2)ccc(CCCCC2(OC=O)CC2)c1C. The number of carboxylic acids is 1. The van der Waals surface area contributed by atoms with Gasteiger partial charge in [-0.05, 0) is 107 Å². The number of carbonyl (C=O) groups excluding carboxylic acids is 1. The number of carbonyl (C=O) groups is 2. The predicted molar refractivity (Wildman–Crippen MR) is 114 cm³/mol. The minimum atomic E-state index is -0.594. The van der Waals surface area contributed by atoms with Crippen LogP contribution in [0.2, 0.25) is 0 Å². The van der Waals surface area contributed by atoms with Gasteiger partial charge in [-0.25, -0.2) is 0 Å². The van der Waals surface area contributed by atoms with E-state index in [2.05, 4.69) is 26.0 Å². The molecule has 3 rings (SSSR count). The first-order valence-corrected chi connectivity index (χ1v) is 11.3. The summed E-state index contributed by atoms with van der Waals surface area (Å²) in [7, 11) is 0. The Kier molecular flexibility index (Phi) is 7.02. The predicted octanol–water partition coefficient (Wildman–Crippen LogP) is 5.69. The quantitative estimate of drug-likeness (QED) is 0.322. The number of hydrogen-bond donors (Lipinski definition) is 1. The fourth-order valence-corrected chi connectivity index (χ4v) is 4.58. The molecule has 4 nitrogen and oxygen atoms in total. The Bertz CT molecular complexity index is 729. The van der Waals surface area contributed by atoms with E-state index < -0.39 is 5.97 Å². The van der Waals surface area contributed by atoms with Gasteiger partial charge in [-0.3, -0.25) is 9.59 Å². The molecule has 1 N–H and O–H groups in total. The Morgan fingerprint density at radius 1 is 0.931 bits per heavy atom. The number of aryl methyl sites for hydroxylation is 2. The van der Waals surface area contributed by atoms with Crippen LogP contribution in [0.4, 0.5) is 0 Å². The van der Waals surface area contributed by atoms with Crippen molar-refractivity contribution in [1.29, 1.82) is 0 Å². The number of benzene rings is 1. The molecule has 2 aliphatic rings. The van der Waals surface area contributed by atoms with E-state index in [4.69, 9.17) is 4.74 Å². The zero-order valence-electron chi connectivity index (χ0n) is 18.1. The molecule has 4 heteroatoms. The average molecular weight is 401 g/mol. The fraction of sp³-hybridized carbons (Fsp3) is 0.680. The standard InChI is InChI=1S/C25H36O4/c1-19-20(2)22(9-5-7-13-25(16-17-25)29-18-26)11-10-21(19)8-4-3-6-12-24(14-15-24)23(27)28/h10-11,18H,3-9,12-17H2,1-2H3,(H,27,28). The Morgan fingerprint density at radius 2 is 1.48 bits per heavy atom. The lowest BCUT2D eigenvalue weighted by Crippen LogP contribution is -2.14. The highest BCUT2D eigenvalue weighted by Gasteiger charge is 2.49. The molecule has 2 fully saturated rings. The second-order valence-corrected chi connectivity index (χ2v) is 9.38. The van der Waals surface area contributed by atoms with Gasteiger partial charge in [0, 0.05) is 0 Å². The summed E-state index contributed by atoms with van der Waals surface area (Å²) < 4.78 is 5.23. The molecule has 29 heavy (non-hydrogen) atoms. The summed E-state index contributed by atoms with van der Waals surface area (Å²) in [5, 5.41) is 9.26. The van der Waals surface area contributed by atoms with Crippen LogP contribution in [0.3, 0.4) is 0 Å². The minimum absolute atomic E-state index is 0.125. The van der Waals surface area contributed by atoms with Crippen molar-refractivity contribution >= 4 is 12.4 Å². The van der Waals surface area contributed by atoms with E-state index in [-0.39, 0.29) is 11.0 Å². The maximum atomic E-state index is 11.2. The third kappa shape index (κ3) is 5.61. The average Bonchev–Trinajstić information content (AvgIpc) is 3.61. The third-order valence-corrected chi connectivity index (χ3v) is 7.35. The first-order chi connectivity index (χ1) is 13.9. The summed E-state index contributed by atoms with van der Waals surface area (Å²) in [6.07, 6.45) is 13.3. The minimum Gasteiger partial charge on any atom is -0.481 e. The van der Waals surface area contributed by atoms with Gasteiger partial charge >= 0.3 is 5.97 Å². The van der Waals surface area contributed by atoms with Gasteiger partial charge in [-0.2, -0.15) is 0 Å². The van der Waals surface area contributed by atoms with Crippen LogP contribution in [-0.2, 0) is 27.2 Å². The van der Waals surface area contributed by atoms with Crippen LogP contribution in [0.15, 0.2) is 12.1 Å². The van der Waals surface area contributed by atoms with Gasteiger partial charge in [-0.15, -0.1) is 0 Å². The molecule has 0 saturated heterocycles. The van der Waals surface area contributed by atoms with Gasteiger partial charge in [-0.1, -0.05) is 25.0 Å². The van der Waals surface area contributed by atoms with Crippen molar-refractivity contribution in [3.05, 3.63) is 34.4 Å². The molecule has 0 spiro atoms. The second-order valence-electron chi connectivity index (χ2n) is 9.38. The van der Waals surface area contributed by atoms with Crippen LogP contribution in [0.1, 0.15) is 92.9 Å². The number of carboxylic acid groups (broad SMARTS) is 1. The summed E-state index contributed by atoms with van der Waals surface area (Å²) in [5.41, 5.74) is 5.20. The molecule has 1 aromatic rings. The van der Waals surface area contributed by atoms with Crippen LogP contribution in [-0.4, -0.2) is 23.1 Å². The Morgan fingerprint density at radius 3 is 1.97 bits per heavy atom. The normalized spacial score (nSPS) is 18.3. The third-order valence-electron chi connectivity index (χ3n) is 7.35. The molecule has 0 amide bonds. The molecule has 0 atom stereocenters. The molecule has 2 saturated carbocycles. The zero-order chi connectivity index (χ0) is 20.9. The van der Waals surface area contributed by atoms with Crippen LogP contribution >= 0.6 is 0 Å². The molecule has 0 aliphatic heterocycles. The molecule has 0 heterocycles. The molecule has 0 aromatic heterocycles. The van der Waals surface area contributed by atoms with Crippen molar-refractivity contribution in [1.82, 2.24) is 0 Å². The first-order valence-electron chi connectivity index (χ1n) is 11.3. The van der Waals surface area contributed by atoms with Crippen molar-refractivity contribution in [2.75, 3.05) is 0 Å². The van der Waals surface area contributed by atoms with E-state index in [0.717, 1.165) is 83.5 Å². The van der Waals surface area contributed by atoms with Gasteiger partial charge < -0.3 is 9.84 Å². The van der Waals surface area contributed by atoms with Crippen LogP contribution in [0.25, 0.3) is 0 Å². The maximum absolute atomic E-state index is 11.2. The number of hydrogen-bond acceptors (Lipinski definition) is 3. The lowest BCUT2D eigenvalue weighted by atomic mass is 9.91. The van der Waals surface area contributed by atoms with Crippen LogP contribution in [0.5, 0.6) is 0 Å². The molecule has 0 unspecified atom stereocenters. The van der Waals surface area contributed by atoms with Gasteiger partial charge in [0.2, 0.25) is 0 Å². The highest BCUT2D eigenvalue weighted by molar-refractivity contribution is 5.77. The van der Waals surface area contributed by atoms with E-state index in [1.807, 2.05) is 0 Å². The Labute approximate surface area is 175 Å². The highest BCUT2D eigenvalue weighted by atomic mass is 16.5. The van der Waals surface area contributed by atoms with Crippen molar-refractivity contribution in [2.45, 2.75) is 103 Å². The molecular formula is C25H36O4. The van der Waals surface area contributed by atoms with E-state index in [1.54, 1.807) is 0 Å². The fourth-order valence-electron chi connectivity index (χ4n) is 4.58. The van der Waals surface area contributed by atoms with Crippen molar-refractivity contribution in [3.8, 4) is 0 Å². The highest BCUT2D eigenvalue weighted by Crippen LogP contribution is 2.50. The van der Waals surface area contributed by atoms with Crippen LogP contribution < -0.4 is 0 Å².